The summed E-state index contributed by atoms with van der Waals surface area (Å²) in [5.74, 6) is -2.57. The van der Waals surface area contributed by atoms with E-state index in [0.717, 1.165) is 0 Å². The molecule has 0 aromatic heterocycles. The van der Waals surface area contributed by atoms with E-state index in [0.29, 0.717) is 0 Å². The van der Waals surface area contributed by atoms with Crippen molar-refractivity contribution in [2.24, 2.45) is 0 Å². The van der Waals surface area contributed by atoms with Gasteiger partial charge in [-0.15, -0.1) is 0 Å². The minimum Gasteiger partial charge on any atom is -0.394 e. The van der Waals surface area contributed by atoms with E-state index in [1.165, 1.54) is 7.11 Å². The van der Waals surface area contributed by atoms with Crippen LogP contribution < -0.4 is 0 Å². The molecule has 0 aromatic carbocycles. The lowest BCUT2D eigenvalue weighted by Gasteiger charge is -2.34. The zero-order chi connectivity index (χ0) is 13.6. The van der Waals surface area contributed by atoms with Crippen LogP contribution in [-0.4, -0.2) is 55.0 Å². The third-order valence-corrected chi connectivity index (χ3v) is 3.18. The fourth-order valence-electron chi connectivity index (χ4n) is 2.45. The van der Waals surface area contributed by atoms with E-state index in [2.05, 4.69) is 0 Å². The Kier molecular flexibility index (Phi) is 3.46. The highest BCUT2D eigenvalue weighted by Gasteiger charge is 2.59. The summed E-state index contributed by atoms with van der Waals surface area (Å²) >= 11 is 0. The number of hydrogen-bond acceptors (Lipinski definition) is 6. The standard InChI is InChI=1S/C12H22O6/c1-10(2)15-7-12(14-5,18-10)9-8(6-13)16-11(3,4)17-9/h8-9,13H,6-7H2,1-5H3/t8-,9?,12?/m0/s1. The molecule has 1 N–H and O–H groups in total. The van der Waals surface area contributed by atoms with Crippen LogP contribution in [-0.2, 0) is 23.7 Å². The average molecular weight is 262 g/mol. The quantitative estimate of drug-likeness (QED) is 0.804. The Labute approximate surface area is 107 Å². The van der Waals surface area contributed by atoms with E-state index in [-0.39, 0.29) is 13.2 Å². The van der Waals surface area contributed by atoms with Crippen molar-refractivity contribution in [3.63, 3.8) is 0 Å². The molecule has 0 amide bonds. The first-order valence-electron chi connectivity index (χ1n) is 6.09. The molecule has 0 bridgehead atoms. The molecular formula is C12H22O6. The van der Waals surface area contributed by atoms with Crippen molar-refractivity contribution in [3.05, 3.63) is 0 Å². The predicted molar refractivity (Wildman–Crippen MR) is 61.8 cm³/mol. The molecule has 2 aliphatic heterocycles. The topological polar surface area (TPSA) is 66.4 Å². The fourth-order valence-corrected chi connectivity index (χ4v) is 2.45. The zero-order valence-electron chi connectivity index (χ0n) is 11.6. The summed E-state index contributed by atoms with van der Waals surface area (Å²) in [4.78, 5) is 0. The van der Waals surface area contributed by atoms with Crippen LogP contribution in [0.1, 0.15) is 27.7 Å². The zero-order valence-corrected chi connectivity index (χ0v) is 11.6. The van der Waals surface area contributed by atoms with Gasteiger partial charge >= 0.3 is 0 Å². The molecule has 0 radical (unpaired) electrons. The lowest BCUT2D eigenvalue weighted by Crippen LogP contribution is -2.53. The monoisotopic (exact) mass is 262 g/mol. The van der Waals surface area contributed by atoms with Gasteiger partial charge in [-0.25, -0.2) is 0 Å². The van der Waals surface area contributed by atoms with E-state index in [1.54, 1.807) is 13.8 Å². The molecule has 2 unspecified atom stereocenters. The Morgan fingerprint density at radius 3 is 2.28 bits per heavy atom. The molecule has 0 saturated carbocycles. The molecule has 2 rings (SSSR count). The lowest BCUT2D eigenvalue weighted by molar-refractivity contribution is -0.291. The second-order valence-corrected chi connectivity index (χ2v) is 5.58. The van der Waals surface area contributed by atoms with Gasteiger partial charge in [-0.2, -0.15) is 0 Å². The Morgan fingerprint density at radius 2 is 1.83 bits per heavy atom. The molecule has 0 aliphatic carbocycles. The fraction of sp³-hybridized carbons (Fsp3) is 1.00. The van der Waals surface area contributed by atoms with Gasteiger partial charge in [0.25, 0.3) is 0 Å². The Balaban J connectivity index is 2.23. The second kappa shape index (κ2) is 4.40. The van der Waals surface area contributed by atoms with Crippen LogP contribution in [0.4, 0.5) is 0 Å². The lowest BCUT2D eigenvalue weighted by atomic mass is 10.1. The number of ether oxygens (including phenoxy) is 5. The summed E-state index contributed by atoms with van der Waals surface area (Å²) in [6.07, 6.45) is -1.04. The maximum Gasteiger partial charge on any atom is 0.224 e. The molecule has 2 fully saturated rings. The molecule has 6 heteroatoms. The van der Waals surface area contributed by atoms with Gasteiger partial charge in [0.05, 0.1) is 6.61 Å². The van der Waals surface area contributed by atoms with Gasteiger partial charge < -0.3 is 28.8 Å². The Morgan fingerprint density at radius 1 is 1.17 bits per heavy atom. The van der Waals surface area contributed by atoms with E-state index in [4.69, 9.17) is 23.7 Å². The molecule has 18 heavy (non-hydrogen) atoms. The molecule has 0 aromatic rings. The van der Waals surface area contributed by atoms with Gasteiger partial charge in [-0.05, 0) is 27.7 Å². The van der Waals surface area contributed by atoms with Crippen molar-refractivity contribution < 1.29 is 28.8 Å². The highest BCUT2D eigenvalue weighted by atomic mass is 16.9. The number of methoxy groups -OCH3 is 1. The Hall–Kier alpha value is -0.240. The van der Waals surface area contributed by atoms with Crippen LogP contribution in [0, 0.1) is 0 Å². The first kappa shape index (κ1) is 14.2. The summed E-state index contributed by atoms with van der Waals surface area (Å²) in [6, 6.07) is 0. The smallest absolute Gasteiger partial charge is 0.224 e. The highest BCUT2D eigenvalue weighted by molar-refractivity contribution is 4.96. The number of hydrogen-bond donors (Lipinski definition) is 1. The average Bonchev–Trinajstić information content (AvgIpc) is 2.76. The van der Waals surface area contributed by atoms with Crippen LogP contribution in [0.2, 0.25) is 0 Å². The van der Waals surface area contributed by atoms with Crippen molar-refractivity contribution in [1.82, 2.24) is 0 Å². The molecule has 2 aliphatic rings. The summed E-state index contributed by atoms with van der Waals surface area (Å²) < 4.78 is 28.3. The molecule has 0 spiro atoms. The second-order valence-electron chi connectivity index (χ2n) is 5.58. The van der Waals surface area contributed by atoms with E-state index < -0.39 is 29.6 Å². The summed E-state index contributed by atoms with van der Waals surface area (Å²) in [7, 11) is 1.54. The maximum atomic E-state index is 9.41. The molecule has 2 saturated heterocycles. The number of aliphatic hydroxyl groups excluding tert-OH is 1. The number of aliphatic hydroxyl groups is 1. The first-order chi connectivity index (χ1) is 8.24. The van der Waals surface area contributed by atoms with Crippen LogP contribution >= 0.6 is 0 Å². The Bertz CT molecular complexity index is 316. The maximum absolute atomic E-state index is 9.41. The third kappa shape index (κ3) is 2.41. The third-order valence-electron chi connectivity index (χ3n) is 3.18. The summed E-state index contributed by atoms with van der Waals surface area (Å²) in [6.45, 7) is 7.27. The van der Waals surface area contributed by atoms with Crippen molar-refractivity contribution in [2.75, 3.05) is 20.3 Å². The van der Waals surface area contributed by atoms with Crippen molar-refractivity contribution in [1.29, 1.82) is 0 Å². The minimum absolute atomic E-state index is 0.164. The largest absolute Gasteiger partial charge is 0.394 e. The van der Waals surface area contributed by atoms with Crippen LogP contribution in [0.5, 0.6) is 0 Å². The summed E-state index contributed by atoms with van der Waals surface area (Å²) in [5, 5.41) is 9.41. The first-order valence-corrected chi connectivity index (χ1v) is 6.09. The van der Waals surface area contributed by atoms with Crippen molar-refractivity contribution in [3.8, 4) is 0 Å². The number of rotatable bonds is 3. The van der Waals surface area contributed by atoms with Gasteiger partial charge in [0.2, 0.25) is 5.79 Å². The van der Waals surface area contributed by atoms with Gasteiger partial charge in [-0.1, -0.05) is 0 Å². The van der Waals surface area contributed by atoms with Gasteiger partial charge in [0.15, 0.2) is 11.6 Å². The molecule has 2 heterocycles. The van der Waals surface area contributed by atoms with E-state index in [1.807, 2.05) is 13.8 Å². The van der Waals surface area contributed by atoms with Crippen LogP contribution in [0.25, 0.3) is 0 Å². The normalized spacial score (nSPS) is 42.3. The molecule has 106 valence electrons. The predicted octanol–water partition coefficient (Wildman–Crippen LogP) is 0.624. The SMILES string of the molecule is COC1(C2OC(C)(C)O[C@H]2CO)COC(C)(C)O1. The van der Waals surface area contributed by atoms with E-state index >= 15 is 0 Å². The van der Waals surface area contributed by atoms with Gasteiger partial charge in [0, 0.05) is 7.11 Å². The van der Waals surface area contributed by atoms with Gasteiger partial charge in [-0.3, -0.25) is 0 Å². The molecular weight excluding hydrogens is 240 g/mol. The molecule has 6 nitrogen and oxygen atoms in total. The van der Waals surface area contributed by atoms with E-state index in [9.17, 15) is 5.11 Å². The minimum atomic E-state index is -1.05. The van der Waals surface area contributed by atoms with Crippen molar-refractivity contribution in [2.45, 2.75) is 57.3 Å². The highest BCUT2D eigenvalue weighted by Crippen LogP contribution is 2.42. The van der Waals surface area contributed by atoms with Crippen molar-refractivity contribution >= 4 is 0 Å². The van der Waals surface area contributed by atoms with Crippen LogP contribution in [0.15, 0.2) is 0 Å². The molecule has 3 atom stereocenters. The van der Waals surface area contributed by atoms with Gasteiger partial charge in [0.1, 0.15) is 18.8 Å². The summed E-state index contributed by atoms with van der Waals surface area (Å²) in [5.41, 5.74) is 0. The van der Waals surface area contributed by atoms with Crippen LogP contribution in [0.3, 0.4) is 0 Å².